The van der Waals surface area contributed by atoms with E-state index in [2.05, 4.69) is 25.9 Å². The Hall–Kier alpha value is -3.49. The van der Waals surface area contributed by atoms with Crippen LogP contribution in [0.5, 0.6) is 0 Å². The zero-order chi connectivity index (χ0) is 20.1. The van der Waals surface area contributed by atoms with Crippen LogP contribution in [0.3, 0.4) is 0 Å². The van der Waals surface area contributed by atoms with Crippen molar-refractivity contribution >= 4 is 17.5 Å². The van der Waals surface area contributed by atoms with Gasteiger partial charge < -0.3 is 15.2 Å². The van der Waals surface area contributed by atoms with Gasteiger partial charge in [-0.25, -0.2) is 0 Å². The minimum atomic E-state index is -0.495. The fourth-order valence-corrected chi connectivity index (χ4v) is 2.83. The van der Waals surface area contributed by atoms with Gasteiger partial charge in [0.2, 0.25) is 5.91 Å². The van der Waals surface area contributed by atoms with Gasteiger partial charge in [0.15, 0.2) is 5.82 Å². The van der Waals surface area contributed by atoms with Gasteiger partial charge in [-0.1, -0.05) is 23.4 Å². The summed E-state index contributed by atoms with van der Waals surface area (Å²) >= 11 is 0. The first-order valence-electron chi connectivity index (χ1n) is 8.96. The van der Waals surface area contributed by atoms with E-state index in [1.165, 1.54) is 0 Å². The Labute approximate surface area is 162 Å². The molecule has 9 nitrogen and oxygen atoms in total. The van der Waals surface area contributed by atoms with Crippen molar-refractivity contribution in [3.05, 3.63) is 59.0 Å². The number of benzene rings is 1. The van der Waals surface area contributed by atoms with Crippen molar-refractivity contribution in [2.24, 2.45) is 0 Å². The minimum Gasteiger partial charge on any atom is -0.344 e. The van der Waals surface area contributed by atoms with Crippen LogP contribution in [-0.2, 0) is 24.3 Å². The number of amides is 2. The zero-order valence-corrected chi connectivity index (χ0v) is 16.0. The predicted octanol–water partition coefficient (Wildman–Crippen LogP) is 2.01. The van der Waals surface area contributed by atoms with Crippen LogP contribution in [-0.4, -0.2) is 31.7 Å². The summed E-state index contributed by atoms with van der Waals surface area (Å²) in [6.07, 6.45) is -0.0901. The number of hydrogen-bond acceptors (Lipinski definition) is 6. The number of hydrogen-bond donors (Lipinski definition) is 2. The molecule has 2 heterocycles. The van der Waals surface area contributed by atoms with Crippen molar-refractivity contribution in [3.8, 4) is 0 Å². The van der Waals surface area contributed by atoms with Crippen molar-refractivity contribution in [1.29, 1.82) is 0 Å². The van der Waals surface area contributed by atoms with Crippen LogP contribution < -0.4 is 10.6 Å². The minimum absolute atomic E-state index is 0.0901. The Morgan fingerprint density at radius 1 is 1.18 bits per heavy atom. The smallest absolute Gasteiger partial charge is 0.315 e. The molecule has 2 aromatic heterocycles. The third kappa shape index (κ3) is 4.43. The maximum absolute atomic E-state index is 12.3. The van der Waals surface area contributed by atoms with E-state index in [1.807, 2.05) is 43.7 Å². The molecule has 2 N–H and O–H groups in total. The second-order valence-corrected chi connectivity index (χ2v) is 6.25. The van der Waals surface area contributed by atoms with E-state index in [0.29, 0.717) is 12.2 Å². The van der Waals surface area contributed by atoms with Crippen molar-refractivity contribution < 1.29 is 14.1 Å². The Kier molecular flexibility index (Phi) is 5.83. The molecule has 0 spiro atoms. The van der Waals surface area contributed by atoms with E-state index in [0.717, 1.165) is 23.5 Å². The first kappa shape index (κ1) is 19.3. The maximum Gasteiger partial charge on any atom is 0.315 e. The highest BCUT2D eigenvalue weighted by atomic mass is 16.5. The molecular weight excluding hydrogens is 360 g/mol. The molecule has 0 bridgehead atoms. The van der Waals surface area contributed by atoms with Gasteiger partial charge in [0, 0.05) is 30.0 Å². The fourth-order valence-electron chi connectivity index (χ4n) is 2.83. The van der Waals surface area contributed by atoms with E-state index in [9.17, 15) is 9.59 Å². The van der Waals surface area contributed by atoms with Crippen LogP contribution in [0, 0.1) is 13.8 Å². The van der Waals surface area contributed by atoms with Crippen LogP contribution in [0.25, 0.3) is 0 Å². The molecule has 3 rings (SSSR count). The average molecular weight is 382 g/mol. The molecule has 1 aromatic carbocycles. The van der Waals surface area contributed by atoms with Gasteiger partial charge in [0.05, 0.1) is 12.1 Å². The molecule has 28 heavy (non-hydrogen) atoms. The molecule has 0 aliphatic heterocycles. The van der Waals surface area contributed by atoms with Gasteiger partial charge in [0.25, 0.3) is 0 Å². The van der Waals surface area contributed by atoms with Crippen molar-refractivity contribution in [2.45, 2.75) is 40.3 Å². The molecular formula is C19H22N6O3. The van der Waals surface area contributed by atoms with Gasteiger partial charge >= 0.3 is 11.8 Å². The molecule has 0 saturated heterocycles. The highest BCUT2D eigenvalue weighted by Gasteiger charge is 2.18. The molecule has 0 atom stereocenters. The monoisotopic (exact) mass is 382 g/mol. The summed E-state index contributed by atoms with van der Waals surface area (Å²) in [6.45, 7) is 6.94. The standard InChI is InChI=1S/C19H22N6O3/c1-4-25-13(3)15(12(2)23-25)11-20-18(27)19-22-16(24-28-19)10-17(26)21-14-8-6-5-7-9-14/h5-9H,4,10-11H2,1-3H3,(H,20,27)(H,21,26). The third-order valence-corrected chi connectivity index (χ3v) is 4.30. The van der Waals surface area contributed by atoms with Gasteiger partial charge in [0.1, 0.15) is 0 Å². The first-order valence-corrected chi connectivity index (χ1v) is 8.96. The number of aromatic nitrogens is 4. The average Bonchev–Trinajstić information content (AvgIpc) is 3.25. The number of carbonyl (C=O) groups excluding carboxylic acids is 2. The molecule has 0 fully saturated rings. The van der Waals surface area contributed by atoms with Gasteiger partial charge in [-0.05, 0) is 32.9 Å². The highest BCUT2D eigenvalue weighted by Crippen LogP contribution is 2.13. The summed E-state index contributed by atoms with van der Waals surface area (Å²) < 4.78 is 6.86. The number of carbonyl (C=O) groups is 2. The predicted molar refractivity (Wildman–Crippen MR) is 102 cm³/mol. The van der Waals surface area contributed by atoms with Gasteiger partial charge in [-0.2, -0.15) is 10.1 Å². The second kappa shape index (κ2) is 8.47. The molecule has 0 aliphatic rings. The van der Waals surface area contributed by atoms with E-state index in [1.54, 1.807) is 12.1 Å². The SMILES string of the molecule is CCn1nc(C)c(CNC(=O)c2nc(CC(=O)Nc3ccccc3)no2)c1C. The van der Waals surface area contributed by atoms with Crippen molar-refractivity contribution in [1.82, 2.24) is 25.2 Å². The van der Waals surface area contributed by atoms with Crippen molar-refractivity contribution in [3.63, 3.8) is 0 Å². The van der Waals surface area contributed by atoms with Crippen LogP contribution in [0.4, 0.5) is 5.69 Å². The lowest BCUT2D eigenvalue weighted by Gasteiger charge is -2.04. The molecule has 9 heteroatoms. The summed E-state index contributed by atoms with van der Waals surface area (Å²) in [6, 6.07) is 9.05. The largest absolute Gasteiger partial charge is 0.344 e. The van der Waals surface area contributed by atoms with E-state index >= 15 is 0 Å². The summed E-state index contributed by atoms with van der Waals surface area (Å²) in [5.41, 5.74) is 3.50. The van der Waals surface area contributed by atoms with Crippen LogP contribution in [0.1, 0.15) is 40.4 Å². The van der Waals surface area contributed by atoms with Crippen LogP contribution in [0.15, 0.2) is 34.9 Å². The number of aryl methyl sites for hydroxylation is 2. The Balaban J connectivity index is 1.57. The normalized spacial score (nSPS) is 10.7. The summed E-state index contributed by atoms with van der Waals surface area (Å²) in [4.78, 5) is 28.3. The molecule has 0 radical (unpaired) electrons. The Morgan fingerprint density at radius 2 is 1.93 bits per heavy atom. The summed E-state index contributed by atoms with van der Waals surface area (Å²) in [7, 11) is 0. The van der Waals surface area contributed by atoms with E-state index < -0.39 is 5.91 Å². The molecule has 0 unspecified atom stereocenters. The number of rotatable bonds is 7. The molecule has 0 aliphatic carbocycles. The van der Waals surface area contributed by atoms with E-state index in [4.69, 9.17) is 4.52 Å². The molecule has 3 aromatic rings. The van der Waals surface area contributed by atoms with Crippen LogP contribution in [0.2, 0.25) is 0 Å². The lowest BCUT2D eigenvalue weighted by atomic mass is 10.2. The Bertz CT molecular complexity index is 977. The quantitative estimate of drug-likeness (QED) is 0.646. The van der Waals surface area contributed by atoms with Crippen LogP contribution >= 0.6 is 0 Å². The Morgan fingerprint density at radius 3 is 2.61 bits per heavy atom. The summed E-state index contributed by atoms with van der Waals surface area (Å²) in [5, 5.41) is 13.6. The first-order chi connectivity index (χ1) is 13.5. The lowest BCUT2D eigenvalue weighted by Crippen LogP contribution is -2.24. The van der Waals surface area contributed by atoms with Gasteiger partial charge in [-0.3, -0.25) is 14.3 Å². The third-order valence-electron chi connectivity index (χ3n) is 4.30. The number of anilines is 1. The number of nitrogens with one attached hydrogen (secondary N) is 2. The topological polar surface area (TPSA) is 115 Å². The molecule has 2 amide bonds. The zero-order valence-electron chi connectivity index (χ0n) is 16.0. The maximum atomic E-state index is 12.3. The second-order valence-electron chi connectivity index (χ2n) is 6.25. The van der Waals surface area contributed by atoms with Crippen molar-refractivity contribution in [2.75, 3.05) is 5.32 Å². The number of para-hydroxylation sites is 1. The van der Waals surface area contributed by atoms with Gasteiger partial charge in [-0.15, -0.1) is 0 Å². The molecule has 0 saturated carbocycles. The summed E-state index contributed by atoms with van der Waals surface area (Å²) in [5.74, 6) is -0.826. The highest BCUT2D eigenvalue weighted by molar-refractivity contribution is 5.92. The fraction of sp³-hybridized carbons (Fsp3) is 0.316. The van der Waals surface area contributed by atoms with E-state index in [-0.39, 0.29) is 24.0 Å². The number of nitrogens with zero attached hydrogens (tertiary/aromatic N) is 4. The molecule has 146 valence electrons. The lowest BCUT2D eigenvalue weighted by molar-refractivity contribution is -0.115.